The number of aromatic nitrogens is 1. The van der Waals surface area contributed by atoms with Crippen LogP contribution in [-0.4, -0.2) is 49.6 Å². The second-order valence-electron chi connectivity index (χ2n) is 5.86. The number of aromatic amines is 1. The standard InChI is InChI=1S/C20H24N2O4/c1-24-19-6-2-3-7-20(19)25-12-11-21-13-15(23)14-26-18-8-4-5-17-16(18)9-10-22-17/h2-10,15,21-23H,11-14H2,1H3/t15-/m1/s1. The van der Waals surface area contributed by atoms with Gasteiger partial charge in [-0.1, -0.05) is 18.2 Å². The summed E-state index contributed by atoms with van der Waals surface area (Å²) in [6, 6.07) is 15.3. The average molecular weight is 356 g/mol. The van der Waals surface area contributed by atoms with Gasteiger partial charge < -0.3 is 29.6 Å². The Balaban J connectivity index is 1.35. The molecule has 0 spiro atoms. The van der Waals surface area contributed by atoms with Crippen molar-refractivity contribution in [2.24, 2.45) is 0 Å². The molecule has 0 aliphatic heterocycles. The van der Waals surface area contributed by atoms with Crippen LogP contribution < -0.4 is 19.5 Å². The number of hydrogen-bond donors (Lipinski definition) is 3. The van der Waals surface area contributed by atoms with Crippen LogP contribution in [0.15, 0.2) is 54.7 Å². The van der Waals surface area contributed by atoms with Crippen LogP contribution in [0.25, 0.3) is 10.9 Å². The minimum atomic E-state index is -0.601. The van der Waals surface area contributed by atoms with Gasteiger partial charge >= 0.3 is 0 Å². The summed E-state index contributed by atoms with van der Waals surface area (Å²) in [5, 5.41) is 14.2. The minimum Gasteiger partial charge on any atom is -0.493 e. The van der Waals surface area contributed by atoms with Crippen molar-refractivity contribution in [2.75, 3.05) is 33.4 Å². The van der Waals surface area contributed by atoms with E-state index >= 15 is 0 Å². The van der Waals surface area contributed by atoms with Gasteiger partial charge in [-0.2, -0.15) is 0 Å². The molecule has 3 N–H and O–H groups in total. The fraction of sp³-hybridized carbons (Fsp3) is 0.300. The van der Waals surface area contributed by atoms with E-state index in [-0.39, 0.29) is 6.61 Å². The lowest BCUT2D eigenvalue weighted by molar-refractivity contribution is 0.106. The van der Waals surface area contributed by atoms with Gasteiger partial charge in [-0.15, -0.1) is 0 Å². The number of hydrogen-bond acceptors (Lipinski definition) is 5. The average Bonchev–Trinajstić information content (AvgIpc) is 3.15. The van der Waals surface area contributed by atoms with Gasteiger partial charge in [0.2, 0.25) is 0 Å². The van der Waals surface area contributed by atoms with Crippen LogP contribution in [0.2, 0.25) is 0 Å². The Kier molecular flexibility index (Phi) is 6.35. The number of ether oxygens (including phenoxy) is 3. The number of fused-ring (bicyclic) bond motifs is 1. The molecule has 6 heteroatoms. The zero-order valence-electron chi connectivity index (χ0n) is 14.8. The Morgan fingerprint density at radius 2 is 1.81 bits per heavy atom. The third-order valence-electron chi connectivity index (χ3n) is 3.97. The summed E-state index contributed by atoms with van der Waals surface area (Å²) in [6.07, 6.45) is 1.27. The van der Waals surface area contributed by atoms with Gasteiger partial charge in [-0.25, -0.2) is 0 Å². The zero-order valence-corrected chi connectivity index (χ0v) is 14.8. The molecule has 2 aromatic carbocycles. The highest BCUT2D eigenvalue weighted by Gasteiger charge is 2.08. The van der Waals surface area contributed by atoms with Crippen LogP contribution in [0, 0.1) is 0 Å². The molecule has 3 rings (SSSR count). The number of H-pyrrole nitrogens is 1. The van der Waals surface area contributed by atoms with Crippen LogP contribution in [0.4, 0.5) is 0 Å². The molecule has 1 aromatic heterocycles. The second-order valence-corrected chi connectivity index (χ2v) is 5.86. The molecule has 0 aliphatic rings. The lowest BCUT2D eigenvalue weighted by Crippen LogP contribution is -2.33. The smallest absolute Gasteiger partial charge is 0.161 e. The van der Waals surface area contributed by atoms with E-state index in [0.29, 0.717) is 31.2 Å². The van der Waals surface area contributed by atoms with E-state index in [4.69, 9.17) is 14.2 Å². The van der Waals surface area contributed by atoms with E-state index < -0.39 is 6.10 Å². The highest BCUT2D eigenvalue weighted by Crippen LogP contribution is 2.25. The van der Waals surface area contributed by atoms with E-state index in [2.05, 4.69) is 10.3 Å². The summed E-state index contributed by atoms with van der Waals surface area (Å²) in [5.41, 5.74) is 1.02. The SMILES string of the molecule is COc1ccccc1OCCNC[C@@H](O)COc1cccc2[nH]ccc12. The zero-order chi connectivity index (χ0) is 18.2. The lowest BCUT2D eigenvalue weighted by atomic mass is 10.2. The van der Waals surface area contributed by atoms with E-state index in [1.807, 2.05) is 54.7 Å². The summed E-state index contributed by atoms with van der Waals surface area (Å²) in [5.74, 6) is 2.18. The normalized spacial score (nSPS) is 12.1. The Hall–Kier alpha value is -2.70. The van der Waals surface area contributed by atoms with E-state index in [1.54, 1.807) is 7.11 Å². The van der Waals surface area contributed by atoms with Gasteiger partial charge in [0, 0.05) is 30.2 Å². The van der Waals surface area contributed by atoms with Crippen LogP contribution in [0.5, 0.6) is 17.2 Å². The number of para-hydroxylation sites is 2. The van der Waals surface area contributed by atoms with Gasteiger partial charge in [0.15, 0.2) is 11.5 Å². The number of rotatable bonds is 10. The minimum absolute atomic E-state index is 0.227. The van der Waals surface area contributed by atoms with E-state index in [9.17, 15) is 5.11 Å². The van der Waals surface area contributed by atoms with E-state index in [1.165, 1.54) is 0 Å². The van der Waals surface area contributed by atoms with Crippen LogP contribution in [0.1, 0.15) is 0 Å². The highest BCUT2D eigenvalue weighted by molar-refractivity contribution is 5.85. The van der Waals surface area contributed by atoms with Gasteiger partial charge in [0.05, 0.1) is 7.11 Å². The summed E-state index contributed by atoms with van der Waals surface area (Å²) in [7, 11) is 1.62. The molecule has 0 unspecified atom stereocenters. The van der Waals surface area contributed by atoms with Crippen molar-refractivity contribution >= 4 is 10.9 Å². The summed E-state index contributed by atoms with van der Waals surface area (Å²) < 4.78 is 16.6. The van der Waals surface area contributed by atoms with Gasteiger partial charge in [0.25, 0.3) is 0 Å². The topological polar surface area (TPSA) is 75.7 Å². The number of benzene rings is 2. The molecule has 0 amide bonds. The molecule has 3 aromatic rings. The monoisotopic (exact) mass is 356 g/mol. The molecule has 1 atom stereocenters. The number of aliphatic hydroxyl groups is 1. The second kappa shape index (κ2) is 9.12. The Labute approximate surface area is 152 Å². The summed E-state index contributed by atoms with van der Waals surface area (Å²) >= 11 is 0. The number of methoxy groups -OCH3 is 1. The maximum atomic E-state index is 10.1. The van der Waals surface area contributed by atoms with Crippen molar-refractivity contribution in [3.63, 3.8) is 0 Å². The molecule has 26 heavy (non-hydrogen) atoms. The van der Waals surface area contributed by atoms with Crippen molar-refractivity contribution in [3.8, 4) is 17.2 Å². The Morgan fingerprint density at radius 1 is 1.00 bits per heavy atom. The first-order valence-corrected chi connectivity index (χ1v) is 8.61. The number of nitrogens with one attached hydrogen (secondary N) is 2. The first-order chi connectivity index (χ1) is 12.8. The summed E-state index contributed by atoms with van der Waals surface area (Å²) in [6.45, 7) is 1.75. The molecule has 0 aliphatic carbocycles. The first kappa shape index (κ1) is 18.1. The van der Waals surface area contributed by atoms with Crippen LogP contribution in [-0.2, 0) is 0 Å². The molecule has 6 nitrogen and oxygen atoms in total. The predicted octanol–water partition coefficient (Wildman–Crippen LogP) is 2.58. The van der Waals surface area contributed by atoms with Gasteiger partial charge in [-0.05, 0) is 30.3 Å². The van der Waals surface area contributed by atoms with Crippen molar-refractivity contribution in [1.29, 1.82) is 0 Å². The van der Waals surface area contributed by atoms with Gasteiger partial charge in [0.1, 0.15) is 25.1 Å². The molecule has 0 fully saturated rings. The highest BCUT2D eigenvalue weighted by atomic mass is 16.5. The van der Waals surface area contributed by atoms with Crippen molar-refractivity contribution in [2.45, 2.75) is 6.10 Å². The van der Waals surface area contributed by atoms with Crippen molar-refractivity contribution in [3.05, 3.63) is 54.7 Å². The molecule has 1 heterocycles. The first-order valence-electron chi connectivity index (χ1n) is 8.61. The Morgan fingerprint density at radius 3 is 2.65 bits per heavy atom. The molecule has 0 saturated heterocycles. The molecule has 0 saturated carbocycles. The van der Waals surface area contributed by atoms with Crippen molar-refractivity contribution < 1.29 is 19.3 Å². The molecular weight excluding hydrogens is 332 g/mol. The third-order valence-corrected chi connectivity index (χ3v) is 3.97. The van der Waals surface area contributed by atoms with E-state index in [0.717, 1.165) is 16.7 Å². The third kappa shape index (κ3) is 4.68. The maximum absolute atomic E-state index is 10.1. The Bertz CT molecular complexity index is 818. The molecular formula is C20H24N2O4. The fourth-order valence-electron chi connectivity index (χ4n) is 2.67. The van der Waals surface area contributed by atoms with Gasteiger partial charge in [-0.3, -0.25) is 0 Å². The van der Waals surface area contributed by atoms with Crippen LogP contribution >= 0.6 is 0 Å². The summed E-state index contributed by atoms with van der Waals surface area (Å²) in [4.78, 5) is 3.14. The lowest BCUT2D eigenvalue weighted by Gasteiger charge is -2.14. The molecule has 0 bridgehead atoms. The molecule has 138 valence electrons. The van der Waals surface area contributed by atoms with Crippen molar-refractivity contribution in [1.82, 2.24) is 10.3 Å². The fourth-order valence-corrected chi connectivity index (χ4v) is 2.67. The molecule has 0 radical (unpaired) electrons. The quantitative estimate of drug-likeness (QED) is 0.487. The predicted molar refractivity (Wildman–Crippen MR) is 101 cm³/mol. The maximum Gasteiger partial charge on any atom is 0.161 e. The van der Waals surface area contributed by atoms with Crippen LogP contribution in [0.3, 0.4) is 0 Å². The largest absolute Gasteiger partial charge is 0.493 e. The number of aliphatic hydroxyl groups excluding tert-OH is 1.